The molecule has 0 aromatic carbocycles. The Morgan fingerprint density at radius 1 is 1.25 bits per heavy atom. The first-order valence-corrected chi connectivity index (χ1v) is 14.9. The minimum Gasteiger partial charge on any atom is -0.466 e. The Kier molecular flexibility index (Phi) is 12.7. The van der Waals surface area contributed by atoms with Gasteiger partial charge in [0.25, 0.3) is 11.5 Å². The summed E-state index contributed by atoms with van der Waals surface area (Å²) >= 11 is 0. The topological polar surface area (TPSA) is 191 Å². The van der Waals surface area contributed by atoms with Crippen molar-refractivity contribution >= 4 is 29.4 Å². The monoisotopic (exact) mass is 615 g/mol. The number of pyridine rings is 1. The molecule has 1 heterocycles. The van der Waals surface area contributed by atoms with Gasteiger partial charge in [0.2, 0.25) is 11.8 Å². The van der Waals surface area contributed by atoms with Crippen molar-refractivity contribution in [2.24, 2.45) is 28.3 Å². The number of ether oxygens (including phenoxy) is 1. The number of carbonyl (C=O) groups excluding carboxylic acids is 4. The summed E-state index contributed by atoms with van der Waals surface area (Å²) < 4.78 is 5.80. The quantitative estimate of drug-likeness (QED) is 0.0898. The number of carbonyl (C=O) groups is 4. The van der Waals surface area contributed by atoms with E-state index >= 15 is 0 Å². The minimum atomic E-state index is -1.12. The number of nitrogens with one attached hydrogen (secondary N) is 3. The number of allylic oxidation sites excluding steroid dienone is 1. The number of nitrogens with two attached hydrogens (primary N) is 2. The van der Waals surface area contributed by atoms with Crippen molar-refractivity contribution in [2.45, 2.75) is 85.4 Å². The first kappa shape index (κ1) is 36.1. The standard InChI is InChI=1S/C31H49N7O6/c1-8-15-31(5)24(17-20(2)30(31,3)4)36-25(39)19-38-16-11-13-22(29(38)43)35-27(41)21(12-9-10-14-26(40)44-7)34-28(42)23(18-32)37(6)33/h10-11,13-14,16,18,20-21,24H,8-9,12,15,17,19,32-33H2,1-7H3,(H,34,42)(H,35,41)(H,36,39)/b14-10+,23-18-. The van der Waals surface area contributed by atoms with Gasteiger partial charge in [-0.05, 0) is 54.6 Å². The molecule has 7 N–H and O–H groups in total. The molecule has 13 nitrogen and oxygen atoms in total. The Bertz CT molecular complexity index is 1320. The molecule has 0 saturated heterocycles. The van der Waals surface area contributed by atoms with E-state index in [1.54, 1.807) is 6.07 Å². The predicted octanol–water partition coefficient (Wildman–Crippen LogP) is 1.74. The van der Waals surface area contributed by atoms with Crippen molar-refractivity contribution in [3.8, 4) is 0 Å². The number of aromatic nitrogens is 1. The second kappa shape index (κ2) is 15.6. The third-order valence-electron chi connectivity index (χ3n) is 9.23. The summed E-state index contributed by atoms with van der Waals surface area (Å²) in [7, 11) is 2.65. The Labute approximate surface area is 259 Å². The molecule has 13 heteroatoms. The highest BCUT2D eigenvalue weighted by molar-refractivity contribution is 6.00. The van der Waals surface area contributed by atoms with Gasteiger partial charge in [-0.1, -0.05) is 47.1 Å². The van der Waals surface area contributed by atoms with Gasteiger partial charge in [0.15, 0.2) is 0 Å². The molecule has 244 valence electrons. The number of amides is 3. The third kappa shape index (κ3) is 8.49. The van der Waals surface area contributed by atoms with E-state index in [1.165, 1.54) is 43.1 Å². The maximum Gasteiger partial charge on any atom is 0.330 e. The van der Waals surface area contributed by atoms with Crippen LogP contribution in [0.2, 0.25) is 0 Å². The van der Waals surface area contributed by atoms with Gasteiger partial charge in [-0.3, -0.25) is 19.2 Å². The molecular weight excluding hydrogens is 566 g/mol. The number of hydrogen-bond donors (Lipinski definition) is 5. The van der Waals surface area contributed by atoms with E-state index in [4.69, 9.17) is 11.6 Å². The molecular formula is C31H49N7O6. The van der Waals surface area contributed by atoms with E-state index in [2.05, 4.69) is 55.3 Å². The predicted molar refractivity (Wildman–Crippen MR) is 168 cm³/mol. The highest BCUT2D eigenvalue weighted by atomic mass is 16.5. The lowest BCUT2D eigenvalue weighted by Crippen LogP contribution is -2.49. The van der Waals surface area contributed by atoms with Crippen LogP contribution >= 0.6 is 0 Å². The van der Waals surface area contributed by atoms with E-state index in [-0.39, 0.29) is 53.5 Å². The second-order valence-corrected chi connectivity index (χ2v) is 12.2. The molecule has 0 aliphatic heterocycles. The number of likely N-dealkylation sites (N-methyl/N-ethyl adjacent to an activating group) is 1. The van der Waals surface area contributed by atoms with E-state index in [9.17, 15) is 24.0 Å². The smallest absolute Gasteiger partial charge is 0.330 e. The van der Waals surface area contributed by atoms with Crippen LogP contribution < -0.4 is 33.1 Å². The van der Waals surface area contributed by atoms with E-state index in [1.807, 2.05) is 0 Å². The van der Waals surface area contributed by atoms with Gasteiger partial charge in [0, 0.05) is 31.6 Å². The van der Waals surface area contributed by atoms with Gasteiger partial charge in [-0.2, -0.15) is 0 Å². The Balaban J connectivity index is 2.21. The van der Waals surface area contributed by atoms with Crippen molar-refractivity contribution < 1.29 is 23.9 Å². The number of anilines is 1. The van der Waals surface area contributed by atoms with Gasteiger partial charge < -0.3 is 36.0 Å². The summed E-state index contributed by atoms with van der Waals surface area (Å²) in [6, 6.07) is 1.82. The summed E-state index contributed by atoms with van der Waals surface area (Å²) in [4.78, 5) is 63.9. The SMILES string of the molecule is CCCC1(C)C(NC(=O)Cn2cccc(NC(=O)C(CC/C=C/C(=O)OC)NC(=O)/C(=C/N)N(C)N)c2=O)CC(C)C1(C)C. The second-order valence-electron chi connectivity index (χ2n) is 12.2. The fraction of sp³-hybridized carbons (Fsp3) is 0.581. The van der Waals surface area contributed by atoms with Gasteiger partial charge >= 0.3 is 5.97 Å². The Morgan fingerprint density at radius 2 is 1.93 bits per heavy atom. The van der Waals surface area contributed by atoms with Gasteiger partial charge in [-0.25, -0.2) is 10.6 Å². The van der Waals surface area contributed by atoms with Crippen LogP contribution in [0, 0.1) is 16.7 Å². The van der Waals surface area contributed by atoms with E-state index in [0.717, 1.165) is 30.5 Å². The summed E-state index contributed by atoms with van der Waals surface area (Å²) in [6.07, 6.45) is 8.30. The van der Waals surface area contributed by atoms with Crippen LogP contribution in [0.5, 0.6) is 0 Å². The van der Waals surface area contributed by atoms with Crippen LogP contribution in [-0.2, 0) is 30.5 Å². The number of hydrogen-bond acceptors (Lipinski definition) is 9. The maximum atomic E-state index is 13.3. The van der Waals surface area contributed by atoms with Crippen molar-refractivity contribution in [2.75, 3.05) is 19.5 Å². The van der Waals surface area contributed by atoms with Gasteiger partial charge in [0.05, 0.1) is 7.11 Å². The zero-order valence-electron chi connectivity index (χ0n) is 26.9. The molecule has 0 radical (unpaired) electrons. The first-order chi connectivity index (χ1) is 20.6. The Hall–Kier alpha value is -4.13. The van der Waals surface area contributed by atoms with Crippen LogP contribution in [0.15, 0.2) is 47.2 Å². The molecule has 2 rings (SSSR count). The van der Waals surface area contributed by atoms with Crippen molar-refractivity contribution in [3.05, 3.63) is 52.7 Å². The summed E-state index contributed by atoms with van der Waals surface area (Å²) in [5, 5.41) is 9.31. The highest BCUT2D eigenvalue weighted by Crippen LogP contribution is 2.57. The van der Waals surface area contributed by atoms with Crippen LogP contribution in [0.25, 0.3) is 0 Å². The Morgan fingerprint density at radius 3 is 2.52 bits per heavy atom. The average molecular weight is 616 g/mol. The average Bonchev–Trinajstić information content (AvgIpc) is 3.11. The lowest BCUT2D eigenvalue weighted by Gasteiger charge is -2.44. The molecule has 1 aliphatic carbocycles. The molecule has 1 fully saturated rings. The number of rotatable bonds is 14. The van der Waals surface area contributed by atoms with Crippen LogP contribution in [-0.4, -0.2) is 59.5 Å². The van der Waals surface area contributed by atoms with Crippen LogP contribution in [0.4, 0.5) is 5.69 Å². The van der Waals surface area contributed by atoms with E-state index in [0.29, 0.717) is 5.92 Å². The molecule has 44 heavy (non-hydrogen) atoms. The molecule has 1 aromatic rings. The molecule has 4 atom stereocenters. The highest BCUT2D eigenvalue weighted by Gasteiger charge is 2.55. The van der Waals surface area contributed by atoms with E-state index < -0.39 is 29.4 Å². The fourth-order valence-electron chi connectivity index (χ4n) is 5.89. The lowest BCUT2D eigenvalue weighted by atomic mass is 9.63. The normalized spacial score (nSPS) is 21.9. The van der Waals surface area contributed by atoms with Crippen molar-refractivity contribution in [1.29, 1.82) is 0 Å². The van der Waals surface area contributed by atoms with Crippen molar-refractivity contribution in [3.63, 3.8) is 0 Å². The number of nitrogens with zero attached hydrogens (tertiary/aromatic N) is 2. The summed E-state index contributed by atoms with van der Waals surface area (Å²) in [6.45, 7) is 10.9. The van der Waals surface area contributed by atoms with Crippen LogP contribution in [0.3, 0.4) is 0 Å². The van der Waals surface area contributed by atoms with Crippen LogP contribution in [0.1, 0.15) is 66.7 Å². The molecule has 3 amide bonds. The maximum absolute atomic E-state index is 13.3. The molecule has 0 spiro atoms. The minimum absolute atomic E-state index is 0.0311. The fourth-order valence-corrected chi connectivity index (χ4v) is 5.89. The van der Waals surface area contributed by atoms with Crippen molar-refractivity contribution in [1.82, 2.24) is 20.2 Å². The lowest BCUT2D eigenvalue weighted by molar-refractivity contribution is -0.134. The molecule has 1 aliphatic rings. The zero-order chi connectivity index (χ0) is 33.2. The molecule has 0 bridgehead atoms. The summed E-state index contributed by atoms with van der Waals surface area (Å²) in [5.74, 6) is 3.82. The van der Waals surface area contributed by atoms with Gasteiger partial charge in [-0.15, -0.1) is 0 Å². The first-order valence-electron chi connectivity index (χ1n) is 14.9. The number of esters is 1. The largest absolute Gasteiger partial charge is 0.466 e. The zero-order valence-corrected chi connectivity index (χ0v) is 26.9. The third-order valence-corrected chi connectivity index (χ3v) is 9.23. The molecule has 1 aromatic heterocycles. The number of hydrazine groups is 1. The number of methoxy groups -OCH3 is 1. The summed E-state index contributed by atoms with van der Waals surface area (Å²) in [5.41, 5.74) is 4.72. The molecule has 4 unspecified atom stereocenters. The molecule has 1 saturated carbocycles. The van der Waals surface area contributed by atoms with Gasteiger partial charge in [0.1, 0.15) is 24.0 Å².